The van der Waals surface area contributed by atoms with Crippen molar-refractivity contribution in [3.05, 3.63) is 75.5 Å². The zero-order valence-electron chi connectivity index (χ0n) is 14.3. The fraction of sp³-hybridized carbons (Fsp3) is 0.105. The van der Waals surface area contributed by atoms with Crippen molar-refractivity contribution < 1.29 is 13.6 Å². The number of hydrogen-bond acceptors (Lipinski definition) is 4. The predicted molar refractivity (Wildman–Crippen MR) is 102 cm³/mol. The van der Waals surface area contributed by atoms with E-state index in [1.54, 1.807) is 19.1 Å². The SMILES string of the molecule is Cc1cnc(N)c(-c2ccc(C(=O)NCc3cc(F)cc(Br)c3)c(F)c2)n1. The maximum atomic E-state index is 14.5. The van der Waals surface area contributed by atoms with E-state index in [0.717, 1.165) is 0 Å². The molecule has 2 aromatic carbocycles. The van der Waals surface area contributed by atoms with Gasteiger partial charge in [-0.25, -0.2) is 18.7 Å². The normalized spacial score (nSPS) is 10.7. The van der Waals surface area contributed by atoms with E-state index >= 15 is 0 Å². The number of nitrogen functional groups attached to an aromatic ring is 1. The molecule has 0 aliphatic rings. The second kappa shape index (κ2) is 7.79. The topological polar surface area (TPSA) is 80.9 Å². The van der Waals surface area contributed by atoms with Crippen molar-refractivity contribution in [1.29, 1.82) is 0 Å². The highest BCUT2D eigenvalue weighted by Crippen LogP contribution is 2.24. The van der Waals surface area contributed by atoms with E-state index in [4.69, 9.17) is 5.73 Å². The standard InChI is InChI=1S/C19H15BrF2N4O/c1-10-8-24-18(23)17(26-10)12-2-3-15(16(22)6-12)19(27)25-9-11-4-13(20)7-14(21)5-11/h2-8H,9H2,1H3,(H2,23,24)(H,25,27). The van der Waals surface area contributed by atoms with Gasteiger partial charge in [0, 0.05) is 16.6 Å². The van der Waals surface area contributed by atoms with E-state index in [0.29, 0.717) is 27.0 Å². The molecule has 0 aliphatic heterocycles. The average Bonchev–Trinajstić information content (AvgIpc) is 2.61. The van der Waals surface area contributed by atoms with Gasteiger partial charge in [-0.05, 0) is 42.8 Å². The molecule has 0 atom stereocenters. The lowest BCUT2D eigenvalue weighted by Gasteiger charge is -2.09. The number of amides is 1. The van der Waals surface area contributed by atoms with Crippen LogP contribution in [0.15, 0.2) is 47.1 Å². The number of benzene rings is 2. The first-order valence-corrected chi connectivity index (χ1v) is 8.75. The van der Waals surface area contributed by atoms with Crippen molar-refractivity contribution in [2.45, 2.75) is 13.5 Å². The molecule has 138 valence electrons. The van der Waals surface area contributed by atoms with Crippen LogP contribution >= 0.6 is 15.9 Å². The van der Waals surface area contributed by atoms with E-state index in [-0.39, 0.29) is 17.9 Å². The summed E-state index contributed by atoms with van der Waals surface area (Å²) < 4.78 is 28.4. The van der Waals surface area contributed by atoms with Crippen LogP contribution in [0.25, 0.3) is 11.3 Å². The number of nitrogens with one attached hydrogen (secondary N) is 1. The molecule has 27 heavy (non-hydrogen) atoms. The van der Waals surface area contributed by atoms with Gasteiger partial charge in [-0.3, -0.25) is 4.79 Å². The highest BCUT2D eigenvalue weighted by atomic mass is 79.9. The van der Waals surface area contributed by atoms with Gasteiger partial charge in [0.05, 0.1) is 17.5 Å². The van der Waals surface area contributed by atoms with Crippen molar-refractivity contribution in [2.75, 3.05) is 5.73 Å². The summed E-state index contributed by atoms with van der Waals surface area (Å²) in [5, 5.41) is 2.57. The van der Waals surface area contributed by atoms with Crippen molar-refractivity contribution in [3.63, 3.8) is 0 Å². The summed E-state index contributed by atoms with van der Waals surface area (Å²) in [4.78, 5) is 20.5. The molecule has 3 N–H and O–H groups in total. The van der Waals surface area contributed by atoms with Gasteiger partial charge in [0.2, 0.25) is 0 Å². The van der Waals surface area contributed by atoms with Gasteiger partial charge in [0.15, 0.2) is 0 Å². The van der Waals surface area contributed by atoms with Gasteiger partial charge >= 0.3 is 0 Å². The van der Waals surface area contributed by atoms with Gasteiger partial charge in [-0.2, -0.15) is 0 Å². The summed E-state index contributed by atoms with van der Waals surface area (Å²) in [6.07, 6.45) is 1.52. The molecule has 0 bridgehead atoms. The lowest BCUT2D eigenvalue weighted by molar-refractivity contribution is 0.0947. The van der Waals surface area contributed by atoms with Crippen LogP contribution in [0.2, 0.25) is 0 Å². The van der Waals surface area contributed by atoms with E-state index in [2.05, 4.69) is 31.2 Å². The van der Waals surface area contributed by atoms with Crippen molar-refractivity contribution in [2.24, 2.45) is 0 Å². The Morgan fingerprint density at radius 2 is 2.00 bits per heavy atom. The molecule has 0 fully saturated rings. The molecular weight excluding hydrogens is 418 g/mol. The Balaban J connectivity index is 1.79. The zero-order valence-corrected chi connectivity index (χ0v) is 15.8. The third-order valence-corrected chi connectivity index (χ3v) is 4.24. The summed E-state index contributed by atoms with van der Waals surface area (Å²) in [5.41, 5.74) is 7.63. The van der Waals surface area contributed by atoms with Gasteiger partial charge in [-0.15, -0.1) is 0 Å². The minimum Gasteiger partial charge on any atom is -0.382 e. The van der Waals surface area contributed by atoms with Gasteiger partial charge in [0.1, 0.15) is 23.1 Å². The third-order valence-electron chi connectivity index (χ3n) is 3.78. The van der Waals surface area contributed by atoms with Crippen LogP contribution in [0.5, 0.6) is 0 Å². The Bertz CT molecular complexity index is 1010. The Kier molecular flexibility index (Phi) is 5.46. The Hall–Kier alpha value is -2.87. The average molecular weight is 433 g/mol. The highest BCUT2D eigenvalue weighted by Gasteiger charge is 2.15. The molecule has 1 heterocycles. The van der Waals surface area contributed by atoms with Crippen molar-refractivity contribution in [3.8, 4) is 11.3 Å². The van der Waals surface area contributed by atoms with E-state index < -0.39 is 17.5 Å². The summed E-state index contributed by atoms with van der Waals surface area (Å²) in [6.45, 7) is 1.81. The first-order valence-electron chi connectivity index (χ1n) is 7.95. The van der Waals surface area contributed by atoms with Crippen molar-refractivity contribution >= 4 is 27.7 Å². The number of anilines is 1. The number of aryl methyl sites for hydroxylation is 1. The number of nitrogens with two attached hydrogens (primary N) is 1. The van der Waals surface area contributed by atoms with Crippen LogP contribution in [0.3, 0.4) is 0 Å². The number of rotatable bonds is 4. The van der Waals surface area contributed by atoms with Crippen LogP contribution in [-0.2, 0) is 6.54 Å². The Labute approximate surface area is 162 Å². The van der Waals surface area contributed by atoms with Crippen LogP contribution in [0.1, 0.15) is 21.6 Å². The van der Waals surface area contributed by atoms with Crippen molar-refractivity contribution in [1.82, 2.24) is 15.3 Å². The van der Waals surface area contributed by atoms with Crippen LogP contribution < -0.4 is 11.1 Å². The molecule has 0 spiro atoms. The van der Waals surface area contributed by atoms with Crippen LogP contribution in [0, 0.1) is 18.6 Å². The van der Waals surface area contributed by atoms with Crippen LogP contribution in [0.4, 0.5) is 14.6 Å². The monoisotopic (exact) mass is 432 g/mol. The molecule has 3 rings (SSSR count). The minimum atomic E-state index is -0.715. The first kappa shape index (κ1) is 18.9. The van der Waals surface area contributed by atoms with E-state index in [1.807, 2.05) is 0 Å². The van der Waals surface area contributed by atoms with E-state index in [1.165, 1.54) is 30.5 Å². The Morgan fingerprint density at radius 1 is 1.22 bits per heavy atom. The number of nitrogens with zero attached hydrogens (tertiary/aromatic N) is 2. The number of hydrogen-bond donors (Lipinski definition) is 2. The molecular formula is C19H15BrF2N4O. The van der Waals surface area contributed by atoms with Gasteiger partial charge < -0.3 is 11.1 Å². The molecule has 0 saturated carbocycles. The quantitative estimate of drug-likeness (QED) is 0.652. The molecule has 1 aromatic heterocycles. The molecule has 8 heteroatoms. The molecule has 1 amide bonds. The second-order valence-corrected chi connectivity index (χ2v) is 6.82. The molecule has 0 radical (unpaired) electrons. The predicted octanol–water partition coefficient (Wildman–Crippen LogP) is 4.00. The molecule has 0 saturated heterocycles. The molecule has 0 aliphatic carbocycles. The van der Waals surface area contributed by atoms with Crippen LogP contribution in [-0.4, -0.2) is 15.9 Å². The molecule has 0 unspecified atom stereocenters. The highest BCUT2D eigenvalue weighted by molar-refractivity contribution is 9.10. The van der Waals surface area contributed by atoms with Gasteiger partial charge in [-0.1, -0.05) is 22.0 Å². The fourth-order valence-corrected chi connectivity index (χ4v) is 3.05. The summed E-state index contributed by atoms with van der Waals surface area (Å²) in [6, 6.07) is 8.37. The summed E-state index contributed by atoms with van der Waals surface area (Å²) in [7, 11) is 0. The first-order chi connectivity index (χ1) is 12.8. The zero-order chi connectivity index (χ0) is 19.6. The second-order valence-electron chi connectivity index (χ2n) is 5.90. The number of aromatic nitrogens is 2. The fourth-order valence-electron chi connectivity index (χ4n) is 2.54. The van der Waals surface area contributed by atoms with E-state index in [9.17, 15) is 13.6 Å². The molecule has 5 nitrogen and oxygen atoms in total. The number of carbonyl (C=O) groups is 1. The third kappa shape index (κ3) is 4.46. The summed E-state index contributed by atoms with van der Waals surface area (Å²) >= 11 is 3.18. The molecule has 3 aromatic rings. The summed E-state index contributed by atoms with van der Waals surface area (Å²) in [5.74, 6) is -1.58. The maximum absolute atomic E-state index is 14.5. The largest absolute Gasteiger partial charge is 0.382 e. The minimum absolute atomic E-state index is 0.0622. The Morgan fingerprint density at radius 3 is 2.70 bits per heavy atom. The lowest BCUT2D eigenvalue weighted by atomic mass is 10.1. The number of carbonyl (C=O) groups excluding carboxylic acids is 1. The van der Waals surface area contributed by atoms with Gasteiger partial charge in [0.25, 0.3) is 5.91 Å². The lowest BCUT2D eigenvalue weighted by Crippen LogP contribution is -2.24. The number of halogens is 3. The maximum Gasteiger partial charge on any atom is 0.254 e. The smallest absolute Gasteiger partial charge is 0.254 e.